The second-order valence-electron chi connectivity index (χ2n) is 10.4. The summed E-state index contributed by atoms with van der Waals surface area (Å²) in [6.07, 6.45) is -0.555. The molecule has 5 rings (SSSR count). The zero-order valence-electron chi connectivity index (χ0n) is 23.7. The predicted molar refractivity (Wildman–Crippen MR) is 160 cm³/mol. The van der Waals surface area contributed by atoms with E-state index >= 15 is 0 Å². The van der Waals surface area contributed by atoms with Gasteiger partial charge in [-0.1, -0.05) is 32.6 Å². The monoisotopic (exact) mass is 555 g/mol. The number of anilines is 1. The third-order valence-electron chi connectivity index (χ3n) is 6.30. The molecule has 4 aromatic rings. The van der Waals surface area contributed by atoms with Gasteiger partial charge in [-0.2, -0.15) is 15.0 Å². The Balaban J connectivity index is 0.00000181. The minimum Gasteiger partial charge on any atom is -0.442 e. The van der Waals surface area contributed by atoms with Crippen LogP contribution in [0.5, 0.6) is 0 Å². The topological polar surface area (TPSA) is 114 Å². The Kier molecular flexibility index (Phi) is 7.85. The first kappa shape index (κ1) is 28.6. The lowest BCUT2D eigenvalue weighted by molar-refractivity contribution is 0.0523. The van der Waals surface area contributed by atoms with Gasteiger partial charge in [0.05, 0.1) is 23.7 Å². The minimum absolute atomic E-state index is 0.145. The number of carbonyl (C=O) groups excluding carboxylic acids is 2. The van der Waals surface area contributed by atoms with Crippen LogP contribution >= 0.6 is 11.3 Å². The molecule has 0 saturated carbocycles. The van der Waals surface area contributed by atoms with E-state index in [0.29, 0.717) is 34.6 Å². The van der Waals surface area contributed by atoms with E-state index in [1.165, 1.54) is 4.68 Å². The average Bonchev–Trinajstić information content (AvgIpc) is 3.60. The minimum atomic E-state index is -0.672. The largest absolute Gasteiger partial charge is 0.442 e. The van der Waals surface area contributed by atoms with Crippen LogP contribution in [0.4, 0.5) is 10.5 Å². The summed E-state index contributed by atoms with van der Waals surface area (Å²) in [6, 6.07) is 13.4. The molecule has 0 fully saturated rings. The van der Waals surface area contributed by atoms with Crippen LogP contribution in [-0.2, 0) is 11.3 Å². The lowest BCUT2D eigenvalue weighted by Gasteiger charge is -2.19. The molecular weight excluding hydrogens is 522 g/mol. The maximum atomic E-state index is 13.1. The van der Waals surface area contributed by atoms with E-state index in [1.54, 1.807) is 22.3 Å². The molecule has 3 heterocycles. The summed E-state index contributed by atoms with van der Waals surface area (Å²) in [6.45, 7) is 15.7. The molecule has 206 valence electrons. The number of ether oxygens (including phenoxy) is 1. The molecule has 2 N–H and O–H groups in total. The van der Waals surface area contributed by atoms with Gasteiger partial charge in [0, 0.05) is 39.0 Å². The van der Waals surface area contributed by atoms with Gasteiger partial charge < -0.3 is 15.4 Å². The van der Waals surface area contributed by atoms with Gasteiger partial charge in [-0.25, -0.2) is 4.79 Å². The molecule has 0 unspecified atom stereocenters. The lowest BCUT2D eigenvalue weighted by Crippen LogP contribution is -2.27. The van der Waals surface area contributed by atoms with E-state index in [4.69, 9.17) is 15.7 Å². The number of aromatic nitrogens is 2. The number of thiophene rings is 1. The highest BCUT2D eigenvalue weighted by molar-refractivity contribution is 7.10. The van der Waals surface area contributed by atoms with Crippen LogP contribution in [0.1, 0.15) is 55.4 Å². The fraction of sp³-hybridized carbons (Fsp3) is 0.290. The highest BCUT2D eigenvalue weighted by atomic mass is 32.1. The number of benzene rings is 2. The Labute approximate surface area is 238 Å². The normalized spacial score (nSPS) is 12.5. The first-order valence-corrected chi connectivity index (χ1v) is 14.0. The van der Waals surface area contributed by atoms with Crippen LogP contribution in [0.25, 0.3) is 33.3 Å². The Morgan fingerprint density at radius 3 is 2.55 bits per heavy atom. The molecule has 0 radical (unpaired) electrons. The second-order valence-corrected chi connectivity index (χ2v) is 11.5. The van der Waals surface area contributed by atoms with Crippen LogP contribution in [0, 0.1) is 18.3 Å². The van der Waals surface area contributed by atoms with Gasteiger partial charge in [0.1, 0.15) is 11.3 Å². The number of carbonyl (C=O) groups is 2. The number of nitriles is 1. The SMILES string of the molecule is C=C(C#N)CN1Cc2c(-c3ccc4c(c3)c(-c3csc(C)c3)nn4C(=O)OC(C)(C)C)ccc(N)c2C1=O.CC. The summed E-state index contributed by atoms with van der Waals surface area (Å²) < 4.78 is 6.92. The maximum absolute atomic E-state index is 13.1. The first-order chi connectivity index (χ1) is 19.0. The van der Waals surface area contributed by atoms with Crippen molar-refractivity contribution in [3.8, 4) is 28.5 Å². The molecule has 0 atom stereocenters. The van der Waals surface area contributed by atoms with Crippen LogP contribution < -0.4 is 5.73 Å². The van der Waals surface area contributed by atoms with Crippen molar-refractivity contribution in [3.63, 3.8) is 0 Å². The molecule has 8 nitrogen and oxygen atoms in total. The molecule has 0 aliphatic carbocycles. The number of hydrogen-bond donors (Lipinski definition) is 1. The summed E-state index contributed by atoms with van der Waals surface area (Å²) in [7, 11) is 0. The number of nitrogens with zero attached hydrogens (tertiary/aromatic N) is 4. The molecule has 2 aromatic carbocycles. The van der Waals surface area contributed by atoms with Crippen molar-refractivity contribution in [2.45, 2.75) is 53.7 Å². The summed E-state index contributed by atoms with van der Waals surface area (Å²) in [5, 5.41) is 16.6. The summed E-state index contributed by atoms with van der Waals surface area (Å²) in [4.78, 5) is 28.9. The first-order valence-electron chi connectivity index (χ1n) is 13.1. The van der Waals surface area contributed by atoms with Crippen molar-refractivity contribution >= 4 is 39.9 Å². The van der Waals surface area contributed by atoms with E-state index in [0.717, 1.165) is 32.5 Å². The quantitative estimate of drug-likeness (QED) is 0.211. The van der Waals surface area contributed by atoms with E-state index in [2.05, 4.69) is 11.7 Å². The zero-order valence-corrected chi connectivity index (χ0v) is 24.5. The van der Waals surface area contributed by atoms with Crippen molar-refractivity contribution in [2.24, 2.45) is 0 Å². The Hall–Kier alpha value is -4.42. The van der Waals surface area contributed by atoms with Crippen LogP contribution in [0.2, 0.25) is 0 Å². The van der Waals surface area contributed by atoms with Crippen LogP contribution in [0.3, 0.4) is 0 Å². The van der Waals surface area contributed by atoms with E-state index < -0.39 is 11.7 Å². The predicted octanol–water partition coefficient (Wildman–Crippen LogP) is 7.17. The molecule has 1 aliphatic rings. The molecule has 9 heteroatoms. The fourth-order valence-electron chi connectivity index (χ4n) is 4.68. The number of fused-ring (bicyclic) bond motifs is 2. The summed E-state index contributed by atoms with van der Waals surface area (Å²) in [5.74, 6) is -0.219. The van der Waals surface area contributed by atoms with Crippen LogP contribution in [-0.4, -0.2) is 38.8 Å². The maximum Gasteiger partial charge on any atom is 0.435 e. The van der Waals surface area contributed by atoms with Gasteiger partial charge in [0.25, 0.3) is 5.91 Å². The average molecular weight is 556 g/mol. The summed E-state index contributed by atoms with van der Waals surface area (Å²) in [5.41, 5.74) is 11.4. The highest BCUT2D eigenvalue weighted by Gasteiger charge is 2.32. The van der Waals surface area contributed by atoms with Gasteiger partial charge in [-0.15, -0.1) is 11.3 Å². The standard InChI is InChI=1S/C29H27N5O3S.C2H6/c1-16(12-30)13-33-14-22-20(7-8-23(31)25(22)27(33)35)18-6-9-24-21(11-18)26(19-10-17(2)38-15-19)32-34(24)28(36)37-29(3,4)5;1-2/h6-11,15H,1,13-14,31H2,2-5H3;1-2H3. The molecule has 1 amide bonds. The van der Waals surface area contributed by atoms with Gasteiger partial charge >= 0.3 is 6.09 Å². The zero-order chi connectivity index (χ0) is 29.4. The highest BCUT2D eigenvalue weighted by Crippen LogP contribution is 2.39. The molecular formula is C31H33N5O3S. The number of hydrogen-bond acceptors (Lipinski definition) is 7. The number of nitrogen functional groups attached to an aromatic ring is 1. The Bertz CT molecular complexity index is 1680. The Morgan fingerprint density at radius 1 is 1.20 bits per heavy atom. The fourth-order valence-corrected chi connectivity index (χ4v) is 5.37. The third kappa shape index (κ3) is 5.36. The van der Waals surface area contributed by atoms with E-state index in [9.17, 15) is 9.59 Å². The molecule has 40 heavy (non-hydrogen) atoms. The lowest BCUT2D eigenvalue weighted by atomic mass is 9.94. The van der Waals surface area contributed by atoms with Crippen molar-refractivity contribution < 1.29 is 14.3 Å². The van der Waals surface area contributed by atoms with Gasteiger partial charge in [-0.3, -0.25) is 4.79 Å². The molecule has 0 bridgehead atoms. The van der Waals surface area contributed by atoms with Gasteiger partial charge in [0.2, 0.25) is 0 Å². The van der Waals surface area contributed by atoms with Crippen LogP contribution in [0.15, 0.2) is 53.9 Å². The van der Waals surface area contributed by atoms with Crippen molar-refractivity contribution in [1.29, 1.82) is 5.26 Å². The van der Waals surface area contributed by atoms with E-state index in [-0.39, 0.29) is 12.5 Å². The van der Waals surface area contributed by atoms with Crippen molar-refractivity contribution in [3.05, 3.63) is 69.9 Å². The molecule has 0 spiro atoms. The number of rotatable bonds is 4. The molecule has 0 saturated heterocycles. The van der Waals surface area contributed by atoms with Crippen molar-refractivity contribution in [1.82, 2.24) is 14.7 Å². The summed E-state index contributed by atoms with van der Waals surface area (Å²) >= 11 is 1.61. The third-order valence-corrected chi connectivity index (χ3v) is 7.16. The van der Waals surface area contributed by atoms with Gasteiger partial charge in [0.15, 0.2) is 0 Å². The Morgan fingerprint density at radius 2 is 1.93 bits per heavy atom. The number of aryl methyl sites for hydroxylation is 1. The molecule has 2 aromatic heterocycles. The van der Waals surface area contributed by atoms with E-state index in [1.807, 2.05) is 83.3 Å². The second kappa shape index (κ2) is 11.0. The smallest absolute Gasteiger partial charge is 0.435 e. The van der Waals surface area contributed by atoms with Gasteiger partial charge in [-0.05, 0) is 68.7 Å². The van der Waals surface area contributed by atoms with Crippen molar-refractivity contribution in [2.75, 3.05) is 12.3 Å². The number of amides is 1. The molecule has 1 aliphatic heterocycles. The number of nitrogens with two attached hydrogens (primary N) is 1.